The maximum absolute atomic E-state index is 5.79. The van der Waals surface area contributed by atoms with E-state index in [-0.39, 0.29) is 0 Å². The van der Waals surface area contributed by atoms with Crippen molar-refractivity contribution in [1.82, 2.24) is 15.2 Å². The number of hydrogen-bond acceptors (Lipinski definition) is 4. The van der Waals surface area contributed by atoms with Gasteiger partial charge in [-0.05, 0) is 25.0 Å². The van der Waals surface area contributed by atoms with Gasteiger partial charge >= 0.3 is 0 Å². The number of nitrogens with two attached hydrogens (primary N) is 1. The van der Waals surface area contributed by atoms with Crippen molar-refractivity contribution in [1.29, 1.82) is 0 Å². The van der Waals surface area contributed by atoms with E-state index in [9.17, 15) is 0 Å². The lowest BCUT2D eigenvalue weighted by Crippen LogP contribution is -2.04. The Kier molecular flexibility index (Phi) is 2.88. The minimum atomic E-state index is 0.549. The zero-order valence-electron chi connectivity index (χ0n) is 10.1. The van der Waals surface area contributed by atoms with Crippen LogP contribution in [0.2, 0.25) is 0 Å². The molecule has 1 aromatic heterocycles. The van der Waals surface area contributed by atoms with Gasteiger partial charge in [-0.3, -0.25) is 5.10 Å². The third kappa shape index (κ3) is 2.45. The molecule has 0 unspecified atom stereocenters. The van der Waals surface area contributed by atoms with Gasteiger partial charge in [0.15, 0.2) is 5.82 Å². The number of benzene rings is 1. The fourth-order valence-electron chi connectivity index (χ4n) is 1.82. The van der Waals surface area contributed by atoms with Crippen LogP contribution in [0, 0.1) is 0 Å². The SMILES string of the molecule is Nc1ccccc1OCCc1nc(C2CC2)n[nH]1. The molecule has 0 spiro atoms. The van der Waals surface area contributed by atoms with Crippen LogP contribution in [0.4, 0.5) is 5.69 Å². The Bertz CT molecular complexity index is 533. The van der Waals surface area contributed by atoms with E-state index in [1.807, 2.05) is 24.3 Å². The molecule has 5 nitrogen and oxygen atoms in total. The summed E-state index contributed by atoms with van der Waals surface area (Å²) >= 11 is 0. The molecule has 0 saturated heterocycles. The second kappa shape index (κ2) is 4.68. The van der Waals surface area contributed by atoms with Crippen LogP contribution < -0.4 is 10.5 Å². The summed E-state index contributed by atoms with van der Waals surface area (Å²) < 4.78 is 5.61. The maximum atomic E-state index is 5.79. The first-order chi connectivity index (χ1) is 8.83. The summed E-state index contributed by atoms with van der Waals surface area (Å²) in [5.74, 6) is 3.13. The lowest BCUT2D eigenvalue weighted by molar-refractivity contribution is 0.320. The molecule has 0 radical (unpaired) electrons. The first kappa shape index (κ1) is 11.1. The van der Waals surface area contributed by atoms with Gasteiger partial charge in [0.25, 0.3) is 0 Å². The van der Waals surface area contributed by atoms with Crippen molar-refractivity contribution < 1.29 is 4.74 Å². The first-order valence-electron chi connectivity index (χ1n) is 6.21. The highest BCUT2D eigenvalue weighted by molar-refractivity contribution is 5.51. The highest BCUT2D eigenvalue weighted by Crippen LogP contribution is 2.37. The van der Waals surface area contributed by atoms with E-state index in [4.69, 9.17) is 10.5 Å². The minimum absolute atomic E-state index is 0.549. The number of ether oxygens (including phenoxy) is 1. The van der Waals surface area contributed by atoms with E-state index in [2.05, 4.69) is 15.2 Å². The van der Waals surface area contributed by atoms with Crippen LogP contribution in [-0.2, 0) is 6.42 Å². The number of nitrogens with zero attached hydrogens (tertiary/aromatic N) is 2. The Morgan fingerprint density at radius 1 is 1.33 bits per heavy atom. The number of para-hydroxylation sites is 2. The van der Waals surface area contributed by atoms with Gasteiger partial charge < -0.3 is 10.5 Å². The standard InChI is InChI=1S/C13H16N4O/c14-10-3-1-2-4-11(10)18-8-7-12-15-13(17-16-12)9-5-6-9/h1-4,9H,5-8,14H2,(H,15,16,17). The van der Waals surface area contributed by atoms with E-state index in [1.54, 1.807) is 0 Å². The molecule has 1 saturated carbocycles. The molecule has 1 heterocycles. The molecule has 2 aromatic rings. The average Bonchev–Trinajstić information content (AvgIpc) is 3.12. The number of hydrogen-bond donors (Lipinski definition) is 2. The smallest absolute Gasteiger partial charge is 0.153 e. The summed E-state index contributed by atoms with van der Waals surface area (Å²) in [5.41, 5.74) is 6.45. The fourth-order valence-corrected chi connectivity index (χ4v) is 1.82. The van der Waals surface area contributed by atoms with Crippen LogP contribution in [0.15, 0.2) is 24.3 Å². The second-order valence-electron chi connectivity index (χ2n) is 4.55. The zero-order chi connectivity index (χ0) is 12.4. The van der Waals surface area contributed by atoms with E-state index >= 15 is 0 Å². The normalized spacial score (nSPS) is 14.7. The molecule has 94 valence electrons. The Morgan fingerprint density at radius 2 is 2.17 bits per heavy atom. The van der Waals surface area contributed by atoms with Gasteiger partial charge in [0, 0.05) is 12.3 Å². The van der Waals surface area contributed by atoms with Crippen LogP contribution in [0.25, 0.3) is 0 Å². The molecule has 1 aromatic carbocycles. The number of nitrogen functional groups attached to an aromatic ring is 1. The molecule has 0 atom stereocenters. The lowest BCUT2D eigenvalue weighted by Gasteiger charge is -2.06. The van der Waals surface area contributed by atoms with Crippen molar-refractivity contribution in [3.8, 4) is 5.75 Å². The number of aromatic nitrogens is 3. The molecule has 1 aliphatic rings. The summed E-state index contributed by atoms with van der Waals surface area (Å²) in [5, 5.41) is 7.16. The molecule has 0 bridgehead atoms. The molecule has 3 rings (SSSR count). The summed E-state index contributed by atoms with van der Waals surface area (Å²) in [7, 11) is 0. The number of rotatable bonds is 5. The minimum Gasteiger partial charge on any atom is -0.491 e. The van der Waals surface area contributed by atoms with Crippen molar-refractivity contribution in [3.05, 3.63) is 35.9 Å². The van der Waals surface area contributed by atoms with Crippen LogP contribution in [0.1, 0.15) is 30.4 Å². The molecule has 0 amide bonds. The van der Waals surface area contributed by atoms with Gasteiger partial charge in [0.2, 0.25) is 0 Å². The predicted octanol–water partition coefficient (Wildman–Crippen LogP) is 1.89. The van der Waals surface area contributed by atoms with E-state index in [0.717, 1.165) is 17.4 Å². The Hall–Kier alpha value is -2.04. The molecule has 0 aliphatic heterocycles. The number of anilines is 1. The van der Waals surface area contributed by atoms with Crippen LogP contribution in [0.3, 0.4) is 0 Å². The van der Waals surface area contributed by atoms with Crippen LogP contribution in [-0.4, -0.2) is 21.8 Å². The zero-order valence-corrected chi connectivity index (χ0v) is 10.1. The van der Waals surface area contributed by atoms with Gasteiger partial charge in [0.1, 0.15) is 11.6 Å². The monoisotopic (exact) mass is 244 g/mol. The summed E-state index contributed by atoms with van der Waals surface area (Å²) in [6, 6.07) is 7.49. The summed E-state index contributed by atoms with van der Waals surface area (Å²) in [6.45, 7) is 0.549. The summed E-state index contributed by atoms with van der Waals surface area (Å²) in [4.78, 5) is 4.45. The maximum Gasteiger partial charge on any atom is 0.153 e. The van der Waals surface area contributed by atoms with Gasteiger partial charge in [-0.15, -0.1) is 0 Å². The van der Waals surface area contributed by atoms with Gasteiger partial charge in [0.05, 0.1) is 12.3 Å². The number of nitrogens with one attached hydrogen (secondary N) is 1. The number of H-pyrrole nitrogens is 1. The number of aromatic amines is 1. The fraction of sp³-hybridized carbons (Fsp3) is 0.385. The molecule has 1 fully saturated rings. The van der Waals surface area contributed by atoms with Crippen LogP contribution >= 0.6 is 0 Å². The molecular formula is C13H16N4O. The van der Waals surface area contributed by atoms with Gasteiger partial charge in [-0.1, -0.05) is 12.1 Å². The van der Waals surface area contributed by atoms with E-state index in [1.165, 1.54) is 12.8 Å². The average molecular weight is 244 g/mol. The molecule has 18 heavy (non-hydrogen) atoms. The van der Waals surface area contributed by atoms with Crippen molar-refractivity contribution in [2.45, 2.75) is 25.2 Å². The van der Waals surface area contributed by atoms with Gasteiger partial charge in [-0.2, -0.15) is 5.10 Å². The van der Waals surface area contributed by atoms with Gasteiger partial charge in [-0.25, -0.2) is 4.98 Å². The quantitative estimate of drug-likeness (QED) is 0.787. The van der Waals surface area contributed by atoms with Crippen molar-refractivity contribution in [3.63, 3.8) is 0 Å². The molecular weight excluding hydrogens is 228 g/mol. The predicted molar refractivity (Wildman–Crippen MR) is 68.4 cm³/mol. The Morgan fingerprint density at radius 3 is 2.94 bits per heavy atom. The lowest BCUT2D eigenvalue weighted by atomic mass is 10.3. The van der Waals surface area contributed by atoms with Crippen molar-refractivity contribution in [2.75, 3.05) is 12.3 Å². The summed E-state index contributed by atoms with van der Waals surface area (Å²) in [6.07, 6.45) is 3.15. The van der Waals surface area contributed by atoms with Crippen LogP contribution in [0.5, 0.6) is 5.75 Å². The Balaban J connectivity index is 1.53. The molecule has 3 N–H and O–H groups in total. The molecule has 1 aliphatic carbocycles. The second-order valence-corrected chi connectivity index (χ2v) is 4.55. The van der Waals surface area contributed by atoms with E-state index in [0.29, 0.717) is 24.6 Å². The Labute approximate surface area is 105 Å². The van der Waals surface area contributed by atoms with Crippen molar-refractivity contribution in [2.24, 2.45) is 0 Å². The third-order valence-corrected chi connectivity index (χ3v) is 3.01. The molecule has 5 heteroatoms. The highest BCUT2D eigenvalue weighted by atomic mass is 16.5. The first-order valence-corrected chi connectivity index (χ1v) is 6.21. The van der Waals surface area contributed by atoms with Crippen molar-refractivity contribution >= 4 is 5.69 Å². The van der Waals surface area contributed by atoms with E-state index < -0.39 is 0 Å². The largest absolute Gasteiger partial charge is 0.491 e. The highest BCUT2D eigenvalue weighted by Gasteiger charge is 2.27. The third-order valence-electron chi connectivity index (χ3n) is 3.01. The topological polar surface area (TPSA) is 76.8 Å².